The molecule has 0 fully saturated rings. The summed E-state index contributed by atoms with van der Waals surface area (Å²) < 4.78 is 0.750. The maximum Gasteiger partial charge on any atom is 0.241 e. The predicted octanol–water partition coefficient (Wildman–Crippen LogP) is 2.16. The molecule has 0 radical (unpaired) electrons. The fourth-order valence-electron chi connectivity index (χ4n) is 1.32. The van der Waals surface area contributed by atoms with Gasteiger partial charge < -0.3 is 11.1 Å². The van der Waals surface area contributed by atoms with Gasteiger partial charge in [0.15, 0.2) is 0 Å². The van der Waals surface area contributed by atoms with E-state index in [0.29, 0.717) is 18.0 Å². The van der Waals surface area contributed by atoms with Crippen molar-refractivity contribution in [1.29, 1.82) is 0 Å². The number of pyridine rings is 1. The van der Waals surface area contributed by atoms with E-state index >= 15 is 0 Å². The fraction of sp³-hybridized carbons (Fsp3) is 0.455. The van der Waals surface area contributed by atoms with Gasteiger partial charge in [-0.3, -0.25) is 9.78 Å². The predicted molar refractivity (Wildman–Crippen MR) is 68.0 cm³/mol. The lowest BCUT2D eigenvalue weighted by atomic mass is 10.0. The number of anilines is 1. The largest absolute Gasteiger partial charge is 0.324 e. The molecule has 0 unspecified atom stereocenters. The Kier molecular flexibility index (Phi) is 4.89. The van der Waals surface area contributed by atoms with E-state index in [9.17, 15) is 4.79 Å². The molecule has 1 aromatic heterocycles. The number of rotatable bonds is 4. The topological polar surface area (TPSA) is 68.0 Å². The van der Waals surface area contributed by atoms with Crippen LogP contribution in [-0.4, -0.2) is 16.9 Å². The van der Waals surface area contributed by atoms with Crippen molar-refractivity contribution in [3.63, 3.8) is 0 Å². The Hall–Kier alpha value is -0.940. The number of amides is 1. The standard InChI is InChI=1S/C11H16BrN3O/c1-7(2)5-9(13)11(16)15-10-3-4-14-6-8(10)12/h3-4,6-7,9H,5,13H2,1-2H3,(H,14,15,16)/t9-/m1/s1. The zero-order valence-corrected chi connectivity index (χ0v) is 11.0. The molecule has 0 aromatic carbocycles. The lowest BCUT2D eigenvalue weighted by Crippen LogP contribution is -2.36. The van der Waals surface area contributed by atoms with E-state index in [1.807, 2.05) is 13.8 Å². The number of hydrogen-bond donors (Lipinski definition) is 2. The summed E-state index contributed by atoms with van der Waals surface area (Å²) in [5, 5.41) is 2.76. The number of aromatic nitrogens is 1. The molecule has 1 rings (SSSR count). The average Bonchev–Trinajstić information content (AvgIpc) is 2.20. The van der Waals surface area contributed by atoms with Crippen LogP contribution >= 0.6 is 15.9 Å². The molecule has 3 N–H and O–H groups in total. The first-order valence-corrected chi connectivity index (χ1v) is 5.96. The van der Waals surface area contributed by atoms with Crippen LogP contribution in [0.5, 0.6) is 0 Å². The third kappa shape index (κ3) is 3.90. The van der Waals surface area contributed by atoms with Crippen LogP contribution in [0.15, 0.2) is 22.9 Å². The van der Waals surface area contributed by atoms with Crippen LogP contribution in [0.1, 0.15) is 20.3 Å². The molecule has 4 nitrogen and oxygen atoms in total. The van der Waals surface area contributed by atoms with E-state index in [2.05, 4.69) is 26.2 Å². The summed E-state index contributed by atoms with van der Waals surface area (Å²) in [5.74, 6) is 0.238. The van der Waals surface area contributed by atoms with E-state index in [1.54, 1.807) is 18.5 Å². The molecule has 0 saturated carbocycles. The van der Waals surface area contributed by atoms with Crippen LogP contribution in [0, 0.1) is 5.92 Å². The van der Waals surface area contributed by atoms with Gasteiger partial charge in [-0.25, -0.2) is 0 Å². The first-order valence-electron chi connectivity index (χ1n) is 5.16. The second-order valence-corrected chi connectivity index (χ2v) is 4.94. The highest BCUT2D eigenvalue weighted by Crippen LogP contribution is 2.20. The Labute approximate surface area is 104 Å². The van der Waals surface area contributed by atoms with Crippen molar-refractivity contribution in [1.82, 2.24) is 4.98 Å². The minimum Gasteiger partial charge on any atom is -0.324 e. The molecule has 0 aliphatic rings. The molecular weight excluding hydrogens is 270 g/mol. The van der Waals surface area contributed by atoms with E-state index in [0.717, 1.165) is 4.47 Å². The van der Waals surface area contributed by atoms with Gasteiger partial charge in [0, 0.05) is 12.4 Å². The Bertz CT molecular complexity index is 368. The smallest absolute Gasteiger partial charge is 0.241 e. The van der Waals surface area contributed by atoms with Crippen molar-refractivity contribution >= 4 is 27.5 Å². The van der Waals surface area contributed by atoms with E-state index in [1.165, 1.54) is 0 Å². The second-order valence-electron chi connectivity index (χ2n) is 4.08. The molecule has 0 bridgehead atoms. The molecule has 88 valence electrons. The minimum absolute atomic E-state index is 0.166. The van der Waals surface area contributed by atoms with Crippen LogP contribution in [0.2, 0.25) is 0 Å². The van der Waals surface area contributed by atoms with Gasteiger partial charge in [-0.15, -0.1) is 0 Å². The van der Waals surface area contributed by atoms with Crippen molar-refractivity contribution in [2.75, 3.05) is 5.32 Å². The van der Waals surface area contributed by atoms with Gasteiger partial charge >= 0.3 is 0 Å². The number of nitrogens with two attached hydrogens (primary N) is 1. The molecule has 0 spiro atoms. The number of hydrogen-bond acceptors (Lipinski definition) is 3. The van der Waals surface area contributed by atoms with Crippen LogP contribution in [0.3, 0.4) is 0 Å². The summed E-state index contributed by atoms with van der Waals surface area (Å²) in [4.78, 5) is 15.6. The first kappa shape index (κ1) is 13.1. The van der Waals surface area contributed by atoms with Gasteiger partial charge in [-0.1, -0.05) is 13.8 Å². The Balaban J connectivity index is 2.61. The van der Waals surface area contributed by atoms with Gasteiger partial charge in [0.05, 0.1) is 16.2 Å². The molecule has 1 atom stereocenters. The van der Waals surface area contributed by atoms with Gasteiger partial charge in [0.25, 0.3) is 0 Å². The quantitative estimate of drug-likeness (QED) is 0.891. The molecule has 1 aromatic rings. The highest BCUT2D eigenvalue weighted by atomic mass is 79.9. The molecular formula is C11H16BrN3O. The van der Waals surface area contributed by atoms with Crippen LogP contribution < -0.4 is 11.1 Å². The number of carbonyl (C=O) groups excluding carboxylic acids is 1. The zero-order chi connectivity index (χ0) is 12.1. The van der Waals surface area contributed by atoms with Crippen molar-refractivity contribution in [3.05, 3.63) is 22.9 Å². The highest BCUT2D eigenvalue weighted by molar-refractivity contribution is 9.10. The number of nitrogens with one attached hydrogen (secondary N) is 1. The molecule has 16 heavy (non-hydrogen) atoms. The lowest BCUT2D eigenvalue weighted by Gasteiger charge is -2.14. The third-order valence-electron chi connectivity index (χ3n) is 2.09. The van der Waals surface area contributed by atoms with Crippen molar-refractivity contribution in [2.45, 2.75) is 26.3 Å². The maximum atomic E-state index is 11.7. The number of carbonyl (C=O) groups is 1. The summed E-state index contributed by atoms with van der Waals surface area (Å²) in [7, 11) is 0. The Morgan fingerprint density at radius 1 is 1.62 bits per heavy atom. The first-order chi connectivity index (χ1) is 7.50. The summed E-state index contributed by atoms with van der Waals surface area (Å²) in [6.07, 6.45) is 3.92. The maximum absolute atomic E-state index is 11.7. The zero-order valence-electron chi connectivity index (χ0n) is 9.40. The number of halogens is 1. The van der Waals surface area contributed by atoms with Crippen LogP contribution in [0.4, 0.5) is 5.69 Å². The van der Waals surface area contributed by atoms with Crippen molar-refractivity contribution in [3.8, 4) is 0 Å². The summed E-state index contributed by atoms with van der Waals surface area (Å²) in [6, 6.07) is 1.25. The molecule has 1 amide bonds. The summed E-state index contributed by atoms with van der Waals surface area (Å²) in [5.41, 5.74) is 6.47. The lowest BCUT2D eigenvalue weighted by molar-refractivity contribution is -0.117. The normalized spacial score (nSPS) is 12.6. The van der Waals surface area contributed by atoms with Crippen molar-refractivity contribution in [2.24, 2.45) is 11.7 Å². The third-order valence-corrected chi connectivity index (χ3v) is 2.72. The molecule has 0 aliphatic heterocycles. The highest BCUT2D eigenvalue weighted by Gasteiger charge is 2.15. The summed E-state index contributed by atoms with van der Waals surface area (Å²) >= 11 is 3.31. The molecule has 5 heteroatoms. The van der Waals surface area contributed by atoms with E-state index in [-0.39, 0.29) is 5.91 Å². The Morgan fingerprint density at radius 2 is 2.31 bits per heavy atom. The fourth-order valence-corrected chi connectivity index (χ4v) is 1.67. The Morgan fingerprint density at radius 3 is 2.88 bits per heavy atom. The molecule has 0 aliphatic carbocycles. The van der Waals surface area contributed by atoms with Crippen molar-refractivity contribution < 1.29 is 4.79 Å². The van der Waals surface area contributed by atoms with E-state index < -0.39 is 6.04 Å². The molecule has 1 heterocycles. The second kappa shape index (κ2) is 5.96. The SMILES string of the molecule is CC(C)C[C@@H](N)C(=O)Nc1ccncc1Br. The van der Waals surface area contributed by atoms with Crippen LogP contribution in [-0.2, 0) is 4.79 Å². The van der Waals surface area contributed by atoms with E-state index in [4.69, 9.17) is 5.73 Å². The molecule has 0 saturated heterocycles. The van der Waals surface area contributed by atoms with Gasteiger partial charge in [-0.05, 0) is 34.3 Å². The minimum atomic E-state index is -0.472. The van der Waals surface area contributed by atoms with Crippen LogP contribution in [0.25, 0.3) is 0 Å². The van der Waals surface area contributed by atoms with Gasteiger partial charge in [-0.2, -0.15) is 0 Å². The number of nitrogens with zero attached hydrogens (tertiary/aromatic N) is 1. The van der Waals surface area contributed by atoms with Gasteiger partial charge in [0.2, 0.25) is 5.91 Å². The average molecular weight is 286 g/mol. The van der Waals surface area contributed by atoms with Gasteiger partial charge in [0.1, 0.15) is 0 Å². The monoisotopic (exact) mass is 285 g/mol. The summed E-state index contributed by atoms with van der Waals surface area (Å²) in [6.45, 7) is 4.07.